The number of rotatable bonds is 5. The lowest BCUT2D eigenvalue weighted by molar-refractivity contribution is -0.125. The average molecular weight is 253 g/mol. The molecule has 4 nitrogen and oxygen atoms in total. The van der Waals surface area contributed by atoms with Gasteiger partial charge in [0.05, 0.1) is 0 Å². The molecule has 1 saturated carbocycles. The Morgan fingerprint density at radius 1 is 1.39 bits per heavy atom. The molecule has 4 heteroatoms. The van der Waals surface area contributed by atoms with Crippen LogP contribution in [0.5, 0.6) is 0 Å². The molecule has 18 heavy (non-hydrogen) atoms. The normalized spacial score (nSPS) is 27.7. The molecule has 1 unspecified atom stereocenters. The smallest absolute Gasteiger partial charge is 0.238 e. The van der Waals surface area contributed by atoms with Crippen LogP contribution in [0.4, 0.5) is 0 Å². The molecule has 0 aromatic rings. The zero-order valence-electron chi connectivity index (χ0n) is 12.0. The van der Waals surface area contributed by atoms with Gasteiger partial charge in [-0.3, -0.25) is 10.1 Å². The third-order valence-electron chi connectivity index (χ3n) is 4.39. The van der Waals surface area contributed by atoms with Gasteiger partial charge < -0.3 is 10.6 Å². The highest BCUT2D eigenvalue weighted by Crippen LogP contribution is 2.30. The van der Waals surface area contributed by atoms with Crippen LogP contribution >= 0.6 is 0 Å². The number of nitrogens with zero attached hydrogens (tertiary/aromatic N) is 1. The second kappa shape index (κ2) is 4.82. The monoisotopic (exact) mass is 253 g/mol. The Kier molecular flexibility index (Phi) is 3.70. The number of primary amides is 1. The summed E-state index contributed by atoms with van der Waals surface area (Å²) in [5, 5.41) is 3.42. The fourth-order valence-electron chi connectivity index (χ4n) is 2.64. The largest absolute Gasteiger partial charge is 0.368 e. The summed E-state index contributed by atoms with van der Waals surface area (Å²) in [4.78, 5) is 14.1. The highest BCUT2D eigenvalue weighted by molar-refractivity contribution is 5.84. The topological polar surface area (TPSA) is 58.4 Å². The van der Waals surface area contributed by atoms with E-state index in [0.29, 0.717) is 11.5 Å². The summed E-state index contributed by atoms with van der Waals surface area (Å²) in [7, 11) is 0. The van der Waals surface area contributed by atoms with Crippen molar-refractivity contribution in [3.05, 3.63) is 0 Å². The maximum Gasteiger partial charge on any atom is 0.238 e. The molecule has 0 aromatic heterocycles. The van der Waals surface area contributed by atoms with Crippen molar-refractivity contribution in [1.82, 2.24) is 10.2 Å². The molecular formula is C14H27N3O. The van der Waals surface area contributed by atoms with Crippen molar-refractivity contribution >= 4 is 5.91 Å². The van der Waals surface area contributed by atoms with Crippen molar-refractivity contribution in [3.8, 4) is 0 Å². The molecular weight excluding hydrogens is 226 g/mol. The van der Waals surface area contributed by atoms with E-state index >= 15 is 0 Å². The van der Waals surface area contributed by atoms with Crippen LogP contribution in [0.1, 0.15) is 46.5 Å². The number of amides is 1. The van der Waals surface area contributed by atoms with E-state index < -0.39 is 5.54 Å². The van der Waals surface area contributed by atoms with Gasteiger partial charge in [-0.1, -0.05) is 13.8 Å². The predicted molar refractivity (Wildman–Crippen MR) is 73.2 cm³/mol. The molecule has 0 radical (unpaired) electrons. The average Bonchev–Trinajstić information content (AvgIpc) is 3.05. The molecule has 1 aliphatic heterocycles. The Bertz CT molecular complexity index is 315. The van der Waals surface area contributed by atoms with Crippen LogP contribution in [0, 0.1) is 5.41 Å². The standard InChI is InChI=1S/C14H27N3O/c1-13(2)6-8-17(9-7-13)10-14(3,12(15)18)16-11-4-5-11/h11,16H,4-10H2,1-3H3,(H2,15,18). The SMILES string of the molecule is CC1(C)CCN(CC(C)(NC2CC2)C(N)=O)CC1. The van der Waals surface area contributed by atoms with Gasteiger partial charge in [0.2, 0.25) is 5.91 Å². The van der Waals surface area contributed by atoms with Crippen LogP contribution in [-0.2, 0) is 4.79 Å². The van der Waals surface area contributed by atoms with Crippen LogP contribution in [0.15, 0.2) is 0 Å². The van der Waals surface area contributed by atoms with E-state index in [-0.39, 0.29) is 5.91 Å². The molecule has 1 amide bonds. The van der Waals surface area contributed by atoms with Gasteiger partial charge in [0.25, 0.3) is 0 Å². The third-order valence-corrected chi connectivity index (χ3v) is 4.39. The van der Waals surface area contributed by atoms with E-state index in [1.54, 1.807) is 0 Å². The number of carbonyl (C=O) groups is 1. The highest BCUT2D eigenvalue weighted by atomic mass is 16.1. The minimum Gasteiger partial charge on any atom is -0.368 e. The number of hydrogen-bond acceptors (Lipinski definition) is 3. The van der Waals surface area contributed by atoms with Crippen LogP contribution in [-0.4, -0.2) is 42.0 Å². The molecule has 1 heterocycles. The summed E-state index contributed by atoms with van der Waals surface area (Å²) in [6.07, 6.45) is 4.75. The minimum absolute atomic E-state index is 0.223. The zero-order chi connectivity index (χ0) is 13.4. The second-order valence-corrected chi connectivity index (χ2v) is 7.06. The molecule has 104 valence electrons. The van der Waals surface area contributed by atoms with E-state index in [4.69, 9.17) is 5.73 Å². The minimum atomic E-state index is -0.567. The van der Waals surface area contributed by atoms with E-state index in [9.17, 15) is 4.79 Å². The number of nitrogens with one attached hydrogen (secondary N) is 1. The first-order valence-corrected chi connectivity index (χ1v) is 7.11. The van der Waals surface area contributed by atoms with Crippen molar-refractivity contribution in [2.24, 2.45) is 11.1 Å². The van der Waals surface area contributed by atoms with Gasteiger partial charge in [-0.2, -0.15) is 0 Å². The van der Waals surface area contributed by atoms with Gasteiger partial charge in [-0.25, -0.2) is 0 Å². The number of carbonyl (C=O) groups excluding carboxylic acids is 1. The quantitative estimate of drug-likeness (QED) is 0.771. The number of likely N-dealkylation sites (tertiary alicyclic amines) is 1. The first kappa shape index (κ1) is 13.8. The summed E-state index contributed by atoms with van der Waals surface area (Å²) in [5.41, 5.74) is 5.47. The van der Waals surface area contributed by atoms with Crippen molar-refractivity contribution in [2.45, 2.75) is 58.0 Å². The van der Waals surface area contributed by atoms with Gasteiger partial charge >= 0.3 is 0 Å². The zero-order valence-corrected chi connectivity index (χ0v) is 12.0. The molecule has 1 atom stereocenters. The first-order valence-electron chi connectivity index (χ1n) is 7.11. The summed E-state index contributed by atoms with van der Waals surface area (Å²) in [6, 6.07) is 0.503. The van der Waals surface area contributed by atoms with Crippen molar-refractivity contribution < 1.29 is 4.79 Å². The molecule has 0 aromatic carbocycles. The van der Waals surface area contributed by atoms with Gasteiger partial charge in [0, 0.05) is 12.6 Å². The van der Waals surface area contributed by atoms with Crippen molar-refractivity contribution in [3.63, 3.8) is 0 Å². The lowest BCUT2D eigenvalue weighted by Crippen LogP contribution is -2.61. The summed E-state index contributed by atoms with van der Waals surface area (Å²) < 4.78 is 0. The molecule has 2 rings (SSSR count). The Morgan fingerprint density at radius 2 is 1.94 bits per heavy atom. The van der Waals surface area contributed by atoms with Crippen molar-refractivity contribution in [1.29, 1.82) is 0 Å². The molecule has 2 aliphatic rings. The number of hydrogen-bond donors (Lipinski definition) is 2. The van der Waals surface area contributed by atoms with Crippen LogP contribution in [0.2, 0.25) is 0 Å². The summed E-state index contributed by atoms with van der Waals surface area (Å²) >= 11 is 0. The van der Waals surface area contributed by atoms with Gasteiger partial charge in [0.1, 0.15) is 5.54 Å². The fourth-order valence-corrected chi connectivity index (χ4v) is 2.64. The predicted octanol–water partition coefficient (Wildman–Crippen LogP) is 1.10. The van der Waals surface area contributed by atoms with Crippen LogP contribution in [0.25, 0.3) is 0 Å². The maximum absolute atomic E-state index is 11.7. The second-order valence-electron chi connectivity index (χ2n) is 7.06. The van der Waals surface area contributed by atoms with Crippen molar-refractivity contribution in [2.75, 3.05) is 19.6 Å². The van der Waals surface area contributed by atoms with Crippen LogP contribution in [0.3, 0.4) is 0 Å². The highest BCUT2D eigenvalue weighted by Gasteiger charge is 2.39. The summed E-state index contributed by atoms with van der Waals surface area (Å²) in [5.74, 6) is -0.223. The third kappa shape index (κ3) is 3.45. The summed E-state index contributed by atoms with van der Waals surface area (Å²) in [6.45, 7) is 9.48. The van der Waals surface area contributed by atoms with Gasteiger partial charge in [-0.15, -0.1) is 0 Å². The van der Waals surface area contributed by atoms with Crippen LogP contribution < -0.4 is 11.1 Å². The number of nitrogens with two attached hydrogens (primary N) is 1. The molecule has 0 bridgehead atoms. The number of piperidine rings is 1. The lowest BCUT2D eigenvalue weighted by atomic mass is 9.82. The first-order chi connectivity index (χ1) is 8.31. The Morgan fingerprint density at radius 3 is 2.39 bits per heavy atom. The van der Waals surface area contributed by atoms with E-state index in [1.165, 1.54) is 25.7 Å². The van der Waals surface area contributed by atoms with E-state index in [2.05, 4.69) is 24.1 Å². The van der Waals surface area contributed by atoms with Gasteiger partial charge in [0.15, 0.2) is 0 Å². The molecule has 1 aliphatic carbocycles. The fraction of sp³-hybridized carbons (Fsp3) is 0.929. The Hall–Kier alpha value is -0.610. The Labute approximate surface area is 110 Å². The lowest BCUT2D eigenvalue weighted by Gasteiger charge is -2.41. The van der Waals surface area contributed by atoms with E-state index in [1.807, 2.05) is 6.92 Å². The molecule has 0 spiro atoms. The maximum atomic E-state index is 11.7. The molecule has 2 fully saturated rings. The van der Waals surface area contributed by atoms with E-state index in [0.717, 1.165) is 19.6 Å². The van der Waals surface area contributed by atoms with Gasteiger partial charge in [-0.05, 0) is 51.1 Å². The molecule has 1 saturated heterocycles. The Balaban J connectivity index is 1.91. The molecule has 3 N–H and O–H groups in total.